The second kappa shape index (κ2) is 8.80. The highest BCUT2D eigenvalue weighted by Gasteiger charge is 2.30. The molecule has 0 aromatic rings. The van der Waals surface area contributed by atoms with E-state index in [-0.39, 0.29) is 31.3 Å². The van der Waals surface area contributed by atoms with Gasteiger partial charge in [0.2, 0.25) is 17.7 Å². The van der Waals surface area contributed by atoms with Crippen LogP contribution in [0.15, 0.2) is 0 Å². The van der Waals surface area contributed by atoms with Crippen LogP contribution in [0.5, 0.6) is 0 Å². The molecule has 9 nitrogen and oxygen atoms in total. The van der Waals surface area contributed by atoms with Gasteiger partial charge in [-0.1, -0.05) is 0 Å². The van der Waals surface area contributed by atoms with Crippen molar-refractivity contribution in [3.05, 3.63) is 0 Å². The summed E-state index contributed by atoms with van der Waals surface area (Å²) in [4.78, 5) is 48.9. The fourth-order valence-corrected chi connectivity index (χ4v) is 2.37. The van der Waals surface area contributed by atoms with Crippen molar-refractivity contribution in [2.45, 2.75) is 58.2 Å². The van der Waals surface area contributed by atoms with E-state index in [0.717, 1.165) is 0 Å². The molecule has 0 saturated carbocycles. The molecule has 1 rings (SSSR count). The molecule has 0 aromatic carbocycles. The molecule has 1 aliphatic rings. The zero-order valence-electron chi connectivity index (χ0n) is 15.3. The number of nitrogens with one attached hydrogen (secondary N) is 2. The Labute approximate surface area is 147 Å². The summed E-state index contributed by atoms with van der Waals surface area (Å²) in [6, 6.07) is -1.34. The summed E-state index contributed by atoms with van der Waals surface area (Å²) >= 11 is 0. The monoisotopic (exact) mass is 356 g/mol. The van der Waals surface area contributed by atoms with Gasteiger partial charge in [-0.3, -0.25) is 14.4 Å². The maximum Gasteiger partial charge on any atom is 0.329 e. The number of esters is 1. The lowest BCUT2D eigenvalue weighted by Gasteiger charge is -2.31. The maximum absolute atomic E-state index is 12.2. The van der Waals surface area contributed by atoms with Crippen molar-refractivity contribution in [1.82, 2.24) is 15.5 Å². The Morgan fingerprint density at radius 1 is 1.40 bits per heavy atom. The first-order valence-electron chi connectivity index (χ1n) is 8.32. The van der Waals surface area contributed by atoms with Gasteiger partial charge in [-0.05, 0) is 34.1 Å². The van der Waals surface area contributed by atoms with Crippen LogP contribution in [-0.4, -0.2) is 65.9 Å². The molecule has 0 radical (unpaired) electrons. The number of hydrogen-bond acceptors (Lipinski definition) is 6. The van der Waals surface area contributed by atoms with Crippen LogP contribution in [0.1, 0.15) is 40.5 Å². The molecule has 1 fully saturated rings. The first-order chi connectivity index (χ1) is 11.5. The third-order valence-electron chi connectivity index (χ3n) is 3.55. The van der Waals surface area contributed by atoms with E-state index < -0.39 is 29.4 Å². The van der Waals surface area contributed by atoms with Crippen LogP contribution in [0.4, 0.5) is 0 Å². The van der Waals surface area contributed by atoms with Crippen molar-refractivity contribution in [3.8, 4) is 0 Å². The number of carbonyl (C=O) groups is 4. The lowest BCUT2D eigenvalue weighted by molar-refractivity contribution is -0.159. The summed E-state index contributed by atoms with van der Waals surface area (Å²) in [5.41, 5.74) is 4.39. The number of nitrogens with zero attached hydrogens (tertiary/aromatic N) is 1. The van der Waals surface area contributed by atoms with Crippen molar-refractivity contribution >= 4 is 23.7 Å². The van der Waals surface area contributed by atoms with E-state index in [0.29, 0.717) is 13.1 Å². The van der Waals surface area contributed by atoms with Crippen LogP contribution < -0.4 is 16.4 Å². The van der Waals surface area contributed by atoms with Crippen LogP contribution >= 0.6 is 0 Å². The molecule has 0 spiro atoms. The quantitative estimate of drug-likeness (QED) is 0.496. The van der Waals surface area contributed by atoms with Gasteiger partial charge in [0, 0.05) is 19.5 Å². The Bertz CT molecular complexity index is 529. The zero-order chi connectivity index (χ0) is 19.2. The number of ether oxygens (including phenoxy) is 1. The lowest BCUT2D eigenvalue weighted by atomic mass is 10.1. The fraction of sp³-hybridized carbons (Fsp3) is 0.750. The van der Waals surface area contributed by atoms with Crippen molar-refractivity contribution in [2.75, 3.05) is 19.6 Å². The molecule has 1 saturated heterocycles. The van der Waals surface area contributed by atoms with Gasteiger partial charge in [0.05, 0.1) is 12.6 Å². The standard InChI is InChI=1S/C16H28N4O5/c1-10-14(23)20(8-7-18-10)9-13(22)19-11(5-6-12(17)21)15(24)25-16(2,3)4/h10-11,18H,5-9H2,1-4H3,(H2,17,21)(H,19,22). The van der Waals surface area contributed by atoms with Gasteiger partial charge in [0.25, 0.3) is 0 Å². The van der Waals surface area contributed by atoms with Gasteiger partial charge in [0.15, 0.2) is 0 Å². The van der Waals surface area contributed by atoms with Gasteiger partial charge in [-0.15, -0.1) is 0 Å². The minimum absolute atomic E-state index is 0.0435. The number of carbonyl (C=O) groups excluding carboxylic acids is 4. The normalized spacial score (nSPS) is 19.3. The SMILES string of the molecule is CC1NCCN(CC(=O)NC(CCC(N)=O)C(=O)OC(C)(C)C)C1=O. The van der Waals surface area contributed by atoms with Crippen molar-refractivity contribution in [1.29, 1.82) is 0 Å². The number of nitrogens with two attached hydrogens (primary N) is 1. The molecule has 2 atom stereocenters. The zero-order valence-corrected chi connectivity index (χ0v) is 15.3. The molecular formula is C16H28N4O5. The van der Waals surface area contributed by atoms with E-state index in [1.807, 2.05) is 0 Å². The summed E-state index contributed by atoms with van der Waals surface area (Å²) in [5.74, 6) is -1.87. The second-order valence-corrected chi connectivity index (χ2v) is 7.09. The summed E-state index contributed by atoms with van der Waals surface area (Å²) in [6.45, 7) is 7.70. The first-order valence-corrected chi connectivity index (χ1v) is 8.32. The van der Waals surface area contributed by atoms with E-state index >= 15 is 0 Å². The molecule has 1 aliphatic heterocycles. The van der Waals surface area contributed by atoms with Crippen LogP contribution in [0.3, 0.4) is 0 Å². The smallest absolute Gasteiger partial charge is 0.329 e. The third-order valence-corrected chi connectivity index (χ3v) is 3.55. The van der Waals surface area contributed by atoms with E-state index in [2.05, 4.69) is 10.6 Å². The van der Waals surface area contributed by atoms with Gasteiger partial charge in [-0.25, -0.2) is 4.79 Å². The number of piperazine rings is 1. The topological polar surface area (TPSA) is 131 Å². The van der Waals surface area contributed by atoms with Crippen LogP contribution in [0.25, 0.3) is 0 Å². The van der Waals surface area contributed by atoms with Crippen LogP contribution in [0.2, 0.25) is 0 Å². The predicted molar refractivity (Wildman–Crippen MR) is 90.2 cm³/mol. The van der Waals surface area contributed by atoms with Crippen molar-refractivity contribution < 1.29 is 23.9 Å². The summed E-state index contributed by atoms with van der Waals surface area (Å²) in [5, 5.41) is 5.55. The Kier molecular flexibility index (Phi) is 7.35. The number of amides is 3. The van der Waals surface area contributed by atoms with Crippen molar-refractivity contribution in [3.63, 3.8) is 0 Å². The van der Waals surface area contributed by atoms with Crippen molar-refractivity contribution in [2.24, 2.45) is 5.73 Å². The highest BCUT2D eigenvalue weighted by atomic mass is 16.6. The number of rotatable bonds is 7. The molecule has 25 heavy (non-hydrogen) atoms. The minimum atomic E-state index is -0.991. The molecule has 0 bridgehead atoms. The van der Waals surface area contributed by atoms with Gasteiger partial charge in [0.1, 0.15) is 11.6 Å². The molecule has 142 valence electrons. The van der Waals surface area contributed by atoms with Gasteiger partial charge < -0.3 is 26.0 Å². The second-order valence-electron chi connectivity index (χ2n) is 7.09. The molecule has 3 amide bonds. The average molecular weight is 356 g/mol. The first kappa shape index (κ1) is 20.9. The van der Waals surface area contributed by atoms with E-state index in [1.165, 1.54) is 4.90 Å². The molecule has 9 heteroatoms. The molecule has 1 heterocycles. The Morgan fingerprint density at radius 3 is 2.60 bits per heavy atom. The van der Waals surface area contributed by atoms with E-state index in [4.69, 9.17) is 10.5 Å². The molecule has 4 N–H and O–H groups in total. The Balaban J connectivity index is 2.68. The Hall–Kier alpha value is -2.16. The Morgan fingerprint density at radius 2 is 2.04 bits per heavy atom. The molecular weight excluding hydrogens is 328 g/mol. The fourth-order valence-electron chi connectivity index (χ4n) is 2.37. The summed E-state index contributed by atoms with van der Waals surface area (Å²) in [7, 11) is 0. The van der Waals surface area contributed by atoms with Gasteiger partial charge >= 0.3 is 5.97 Å². The van der Waals surface area contributed by atoms with Gasteiger partial charge in [-0.2, -0.15) is 0 Å². The molecule has 0 aromatic heterocycles. The highest BCUT2D eigenvalue weighted by Crippen LogP contribution is 2.11. The molecule has 0 aliphatic carbocycles. The number of hydrogen-bond donors (Lipinski definition) is 3. The van der Waals surface area contributed by atoms with Crippen LogP contribution in [0, 0.1) is 0 Å². The molecule has 2 unspecified atom stereocenters. The third kappa shape index (κ3) is 7.51. The van der Waals surface area contributed by atoms with Crippen LogP contribution in [-0.2, 0) is 23.9 Å². The average Bonchev–Trinajstić information content (AvgIpc) is 2.46. The highest BCUT2D eigenvalue weighted by molar-refractivity contribution is 5.90. The van der Waals surface area contributed by atoms with E-state index in [1.54, 1.807) is 27.7 Å². The predicted octanol–water partition coefficient (Wildman–Crippen LogP) is -1.10. The number of primary amides is 1. The summed E-state index contributed by atoms with van der Waals surface area (Å²) in [6.07, 6.45) is -0.0182. The van der Waals surface area contributed by atoms with E-state index in [9.17, 15) is 19.2 Å². The maximum atomic E-state index is 12.2. The largest absolute Gasteiger partial charge is 0.458 e. The summed E-state index contributed by atoms with van der Waals surface area (Å²) < 4.78 is 5.26. The minimum Gasteiger partial charge on any atom is -0.458 e. The lowest BCUT2D eigenvalue weighted by Crippen LogP contribution is -2.57.